The van der Waals surface area contributed by atoms with Gasteiger partial charge in [0.25, 0.3) is 0 Å². The smallest absolute Gasteiger partial charge is 0.108 e. The Morgan fingerprint density at radius 3 is 1.68 bits per heavy atom. The molecular formula is C32H42N2. The van der Waals surface area contributed by atoms with Gasteiger partial charge in [0.05, 0.1) is 11.4 Å². The van der Waals surface area contributed by atoms with Gasteiger partial charge in [-0.3, -0.25) is 0 Å². The first-order valence-corrected chi connectivity index (χ1v) is 12.7. The van der Waals surface area contributed by atoms with E-state index in [1.165, 1.54) is 45.0 Å². The summed E-state index contributed by atoms with van der Waals surface area (Å²) in [6.45, 7) is 23.1. The van der Waals surface area contributed by atoms with Crippen LogP contribution in [0.25, 0.3) is 0 Å². The third kappa shape index (κ3) is 4.24. The quantitative estimate of drug-likeness (QED) is 0.389. The van der Waals surface area contributed by atoms with Crippen molar-refractivity contribution in [3.63, 3.8) is 0 Å². The predicted molar refractivity (Wildman–Crippen MR) is 149 cm³/mol. The van der Waals surface area contributed by atoms with Crippen LogP contribution in [0.15, 0.2) is 60.7 Å². The summed E-state index contributed by atoms with van der Waals surface area (Å²) in [5.41, 5.74) is 10.9. The molecule has 2 heteroatoms. The molecule has 2 nitrogen and oxygen atoms in total. The summed E-state index contributed by atoms with van der Waals surface area (Å²) >= 11 is 0. The zero-order chi connectivity index (χ0) is 25.0. The molecule has 0 radical (unpaired) electrons. The van der Waals surface area contributed by atoms with Crippen LogP contribution in [0.3, 0.4) is 0 Å². The van der Waals surface area contributed by atoms with Crippen molar-refractivity contribution in [2.75, 3.05) is 9.80 Å². The highest BCUT2D eigenvalue weighted by Crippen LogP contribution is 2.49. The van der Waals surface area contributed by atoms with Crippen LogP contribution < -0.4 is 9.80 Å². The minimum atomic E-state index is 0.0837. The van der Waals surface area contributed by atoms with E-state index in [2.05, 4.69) is 140 Å². The molecule has 3 aromatic rings. The molecule has 1 heterocycles. The lowest BCUT2D eigenvalue weighted by molar-refractivity contribution is 0.568. The molecule has 0 aromatic heterocycles. The van der Waals surface area contributed by atoms with E-state index in [1.54, 1.807) is 0 Å². The van der Waals surface area contributed by atoms with Gasteiger partial charge in [0.2, 0.25) is 0 Å². The van der Waals surface area contributed by atoms with E-state index in [9.17, 15) is 0 Å². The molecule has 0 amide bonds. The second-order valence-corrected chi connectivity index (χ2v) is 12.3. The number of para-hydroxylation sites is 2. The summed E-state index contributed by atoms with van der Waals surface area (Å²) < 4.78 is 0. The van der Waals surface area contributed by atoms with Gasteiger partial charge in [-0.25, -0.2) is 0 Å². The molecule has 3 aromatic carbocycles. The van der Waals surface area contributed by atoms with Gasteiger partial charge in [0, 0.05) is 11.4 Å². The lowest BCUT2D eigenvalue weighted by atomic mass is 9.80. The van der Waals surface area contributed by atoms with Crippen molar-refractivity contribution in [2.24, 2.45) is 0 Å². The van der Waals surface area contributed by atoms with Gasteiger partial charge in [-0.05, 0) is 83.2 Å². The van der Waals surface area contributed by atoms with Crippen LogP contribution in [0.5, 0.6) is 0 Å². The van der Waals surface area contributed by atoms with Gasteiger partial charge >= 0.3 is 0 Å². The lowest BCUT2D eigenvalue weighted by Gasteiger charge is -2.34. The summed E-state index contributed by atoms with van der Waals surface area (Å²) in [5.74, 6) is 0.502. The monoisotopic (exact) mass is 454 g/mol. The van der Waals surface area contributed by atoms with Gasteiger partial charge < -0.3 is 9.80 Å². The molecular weight excluding hydrogens is 412 g/mol. The number of benzene rings is 3. The Labute approximate surface area is 207 Å². The van der Waals surface area contributed by atoms with Gasteiger partial charge in [0.1, 0.15) is 6.17 Å². The molecule has 0 fully saturated rings. The second-order valence-electron chi connectivity index (χ2n) is 12.3. The topological polar surface area (TPSA) is 6.48 Å². The Bertz CT molecular complexity index is 1160. The van der Waals surface area contributed by atoms with E-state index in [0.29, 0.717) is 5.92 Å². The average molecular weight is 455 g/mol. The van der Waals surface area contributed by atoms with Gasteiger partial charge in [0.15, 0.2) is 0 Å². The molecule has 180 valence electrons. The van der Waals surface area contributed by atoms with Crippen molar-refractivity contribution in [1.82, 2.24) is 0 Å². The standard InChI is InChI=1S/C32H42N2/c1-21(2)27-14-13-17-28(22(27)3)34-23(4)33(29-15-11-12-16-30(29)34)26-19-24(31(5,6)7)18-25(20-26)32(8,9)10/h11-21,23H,1-10H3/t23-/m1/s1. The van der Waals surface area contributed by atoms with Gasteiger partial charge in [-0.1, -0.05) is 85.7 Å². The average Bonchev–Trinajstić information content (AvgIpc) is 3.04. The summed E-state index contributed by atoms with van der Waals surface area (Å²) in [6, 6.07) is 22.9. The SMILES string of the molecule is Cc1c(C(C)C)cccc1N1c2ccccc2N(c2cc(C(C)(C)C)cc(C(C)(C)C)c2)[C@H]1C. The first-order chi connectivity index (χ1) is 15.8. The number of hydrogen-bond acceptors (Lipinski definition) is 2. The third-order valence-electron chi connectivity index (χ3n) is 7.30. The number of hydrogen-bond donors (Lipinski definition) is 0. The summed E-state index contributed by atoms with van der Waals surface area (Å²) in [6.07, 6.45) is 0.168. The van der Waals surface area contributed by atoms with Gasteiger partial charge in [-0.2, -0.15) is 0 Å². The predicted octanol–water partition coefficient (Wildman–Crippen LogP) is 9.35. The van der Waals surface area contributed by atoms with E-state index in [0.717, 1.165) is 0 Å². The molecule has 34 heavy (non-hydrogen) atoms. The van der Waals surface area contributed by atoms with E-state index < -0.39 is 0 Å². The van der Waals surface area contributed by atoms with Crippen molar-refractivity contribution in [3.8, 4) is 0 Å². The summed E-state index contributed by atoms with van der Waals surface area (Å²) in [5, 5.41) is 0. The summed E-state index contributed by atoms with van der Waals surface area (Å²) in [7, 11) is 0. The van der Waals surface area contributed by atoms with E-state index >= 15 is 0 Å². The first-order valence-electron chi connectivity index (χ1n) is 12.7. The van der Waals surface area contributed by atoms with Crippen molar-refractivity contribution in [2.45, 2.75) is 92.2 Å². The lowest BCUT2D eigenvalue weighted by Crippen LogP contribution is -2.36. The maximum atomic E-state index is 2.53. The highest BCUT2D eigenvalue weighted by Gasteiger charge is 2.36. The fraction of sp³-hybridized carbons (Fsp3) is 0.438. The van der Waals surface area contributed by atoms with Crippen LogP contribution >= 0.6 is 0 Å². The molecule has 1 aliphatic heterocycles. The molecule has 0 saturated carbocycles. The largest absolute Gasteiger partial charge is 0.319 e. The zero-order valence-corrected chi connectivity index (χ0v) is 22.8. The third-order valence-corrected chi connectivity index (χ3v) is 7.30. The molecule has 0 aliphatic carbocycles. The minimum absolute atomic E-state index is 0.0837. The molecule has 4 rings (SSSR count). The number of anilines is 4. The molecule has 0 spiro atoms. The molecule has 1 aliphatic rings. The fourth-order valence-electron chi connectivity index (χ4n) is 5.22. The Balaban J connectivity index is 1.92. The second kappa shape index (κ2) is 8.48. The van der Waals surface area contributed by atoms with Crippen LogP contribution in [-0.4, -0.2) is 6.17 Å². The van der Waals surface area contributed by atoms with Crippen molar-refractivity contribution >= 4 is 22.7 Å². The summed E-state index contributed by atoms with van der Waals surface area (Å²) in [4.78, 5) is 5.05. The Morgan fingerprint density at radius 2 is 1.18 bits per heavy atom. The van der Waals surface area contributed by atoms with Crippen LogP contribution in [0.4, 0.5) is 22.7 Å². The van der Waals surface area contributed by atoms with Crippen molar-refractivity contribution in [1.29, 1.82) is 0 Å². The highest BCUT2D eigenvalue weighted by atomic mass is 15.4. The Hall–Kier alpha value is -2.74. The Morgan fingerprint density at radius 1 is 0.676 bits per heavy atom. The van der Waals surface area contributed by atoms with Crippen LogP contribution in [0, 0.1) is 6.92 Å². The molecule has 0 bridgehead atoms. The van der Waals surface area contributed by atoms with Crippen molar-refractivity contribution in [3.05, 3.63) is 82.9 Å². The van der Waals surface area contributed by atoms with Crippen molar-refractivity contribution < 1.29 is 0 Å². The fourth-order valence-corrected chi connectivity index (χ4v) is 5.22. The molecule has 1 atom stereocenters. The zero-order valence-electron chi connectivity index (χ0n) is 22.8. The molecule has 0 unspecified atom stereocenters. The minimum Gasteiger partial charge on any atom is -0.319 e. The first kappa shape index (κ1) is 24.4. The van der Waals surface area contributed by atoms with Crippen LogP contribution in [-0.2, 0) is 10.8 Å². The number of nitrogens with zero attached hydrogens (tertiary/aromatic N) is 2. The maximum Gasteiger partial charge on any atom is 0.108 e. The Kier molecular flexibility index (Phi) is 6.09. The van der Waals surface area contributed by atoms with Gasteiger partial charge in [-0.15, -0.1) is 0 Å². The van der Waals surface area contributed by atoms with Crippen LogP contribution in [0.1, 0.15) is 90.5 Å². The van der Waals surface area contributed by atoms with E-state index in [4.69, 9.17) is 0 Å². The number of rotatable bonds is 3. The number of fused-ring (bicyclic) bond motifs is 1. The normalized spacial score (nSPS) is 16.4. The van der Waals surface area contributed by atoms with E-state index in [1.807, 2.05) is 0 Å². The maximum absolute atomic E-state index is 2.53. The molecule has 0 saturated heterocycles. The van der Waals surface area contributed by atoms with E-state index in [-0.39, 0.29) is 17.0 Å². The van der Waals surface area contributed by atoms with Crippen LogP contribution in [0.2, 0.25) is 0 Å². The molecule has 0 N–H and O–H groups in total. The highest BCUT2D eigenvalue weighted by molar-refractivity contribution is 5.89.